The van der Waals surface area contributed by atoms with Gasteiger partial charge in [0, 0.05) is 144 Å². The molecule has 6 aliphatic rings. The van der Waals surface area contributed by atoms with Crippen molar-refractivity contribution in [3.63, 3.8) is 0 Å². The van der Waals surface area contributed by atoms with Crippen molar-refractivity contribution in [3.05, 3.63) is 137 Å². The molecule has 0 radical (unpaired) electrons. The fourth-order valence-corrected chi connectivity index (χ4v) is 17.3. The summed E-state index contributed by atoms with van der Waals surface area (Å²) < 4.78 is 123. The molecule has 0 saturated carbocycles. The van der Waals surface area contributed by atoms with E-state index in [0.717, 1.165) is 127 Å². The first kappa shape index (κ1) is 67.2. The van der Waals surface area contributed by atoms with Crippen LogP contribution >= 0.6 is 23.4 Å². The molecule has 2 atom stereocenters. The minimum absolute atomic E-state index is 0.0258. The molecule has 94 heavy (non-hydrogen) atoms. The highest BCUT2D eigenvalue weighted by Crippen LogP contribution is 2.49. The van der Waals surface area contributed by atoms with Crippen LogP contribution in [0, 0.1) is 17.2 Å². The first-order valence-electron chi connectivity index (χ1n) is 32.1. The van der Waals surface area contributed by atoms with E-state index in [9.17, 15) is 44.4 Å². The Morgan fingerprint density at radius 1 is 0.819 bits per heavy atom. The summed E-state index contributed by atoms with van der Waals surface area (Å²) in [5, 5.41) is 11.1. The van der Waals surface area contributed by atoms with E-state index in [1.807, 2.05) is 53.3 Å². The average Bonchev–Trinajstić information content (AvgIpc) is 1.54. The SMILES string of the molecule is Cn1nc(N2CCC(=O)NC2=O)c2cc(F)c(N3CCC(CN4CC[C@]5(CCC(c6ccc(Cl)cc6)=C(CN6CCN(c7ccc(C(=O)NS(=O)(=O)c8ccc(N[C@H](CCN9CCCOCC9)CSc9ccccc9)c(S(=O)(=O)C(F)(F)F)c8)cc7)CC6)C5)C4)CC3)cc21. The quantitative estimate of drug-likeness (QED) is 0.0481. The number of alkyl halides is 3. The molecule has 27 heteroatoms. The molecule has 1 spiro atoms. The van der Waals surface area contributed by atoms with E-state index in [4.69, 9.17) is 16.3 Å². The fourth-order valence-electron chi connectivity index (χ4n) is 14.2. The molecule has 1 aliphatic carbocycles. The number of nitrogens with zero attached hydrogens (tertiary/aromatic N) is 8. The predicted molar refractivity (Wildman–Crippen MR) is 357 cm³/mol. The summed E-state index contributed by atoms with van der Waals surface area (Å²) in [7, 11) is -9.23. The number of piperidine rings is 1. The van der Waals surface area contributed by atoms with Gasteiger partial charge in [0.1, 0.15) is 10.7 Å². The Labute approximate surface area is 555 Å². The number of hydrogen-bond donors (Lipinski definition) is 3. The third-order valence-corrected chi connectivity index (χ3v) is 23.6. The monoisotopic (exact) mass is 1370 g/mol. The lowest BCUT2D eigenvalue weighted by Gasteiger charge is -2.41. The van der Waals surface area contributed by atoms with Crippen LogP contribution in [0.5, 0.6) is 0 Å². The lowest BCUT2D eigenvalue weighted by molar-refractivity contribution is -0.120. The van der Waals surface area contributed by atoms with Crippen LogP contribution in [0.25, 0.3) is 16.5 Å². The van der Waals surface area contributed by atoms with Crippen LogP contribution in [0.4, 0.5) is 45.2 Å². The Kier molecular flexibility index (Phi) is 20.4. The number of sulfone groups is 1. The number of ether oxygens (including phenoxy) is 1. The number of carbonyl (C=O) groups is 3. The molecule has 12 rings (SSSR count). The van der Waals surface area contributed by atoms with Crippen LogP contribution in [-0.4, -0.2) is 181 Å². The van der Waals surface area contributed by atoms with Gasteiger partial charge in [0.05, 0.1) is 28.4 Å². The normalized spacial score (nSPS) is 20.7. The topological polar surface area (TPSA) is 202 Å². The number of fused-ring (bicyclic) bond motifs is 1. The van der Waals surface area contributed by atoms with Crippen molar-refractivity contribution in [2.24, 2.45) is 18.4 Å². The highest BCUT2D eigenvalue weighted by atomic mass is 35.5. The van der Waals surface area contributed by atoms with Gasteiger partial charge in [0.15, 0.2) is 5.82 Å². The molecule has 5 fully saturated rings. The van der Waals surface area contributed by atoms with E-state index >= 15 is 4.39 Å². The number of halogens is 5. The number of hydrogen-bond acceptors (Lipinski definition) is 16. The van der Waals surface area contributed by atoms with Gasteiger partial charge >= 0.3 is 11.5 Å². The second kappa shape index (κ2) is 28.5. The van der Waals surface area contributed by atoms with Gasteiger partial charge < -0.3 is 29.7 Å². The van der Waals surface area contributed by atoms with Crippen LogP contribution in [0.2, 0.25) is 5.02 Å². The van der Waals surface area contributed by atoms with Crippen LogP contribution in [0.15, 0.2) is 129 Å². The van der Waals surface area contributed by atoms with Crippen molar-refractivity contribution < 1.29 is 53.5 Å². The van der Waals surface area contributed by atoms with Gasteiger partial charge in [-0.15, -0.1) is 11.8 Å². The van der Waals surface area contributed by atoms with Gasteiger partial charge in [-0.3, -0.25) is 29.4 Å². The van der Waals surface area contributed by atoms with Crippen molar-refractivity contribution in [2.75, 3.05) is 131 Å². The number of thioether (sulfide) groups is 1. The maximum absolute atomic E-state index is 16.0. The number of sulfonamides is 1. The summed E-state index contributed by atoms with van der Waals surface area (Å²) in [6, 6.07) is 28.5. The Hall–Kier alpha value is -6.78. The standard InChI is InChI=1S/C67H78ClF4N11O8S3/c1-77-59-40-60(57(69)39-56(59)63(75-77)83-29-22-62(84)74-65(83)86)82-27-19-46(20-28-82)42-80-30-24-66(45-80)23-18-55(47-8-12-50(68)13-9-47)49(41-66)43-79-31-33-81(34-32-79)52-14-10-48(11-15-52)64(85)76-94(89,90)54-16-17-58(61(38-54)93(87,88)67(70,71)72)73-51(44-92-53-6-3-2-4-7-53)21-26-78-25-5-36-91-37-35-78/h2-4,6-17,38-40,46,51,73H,5,18-37,41-45H2,1H3,(H,76,85)(H,74,84,86)/t51-,66+/m1/s1. The van der Waals surface area contributed by atoms with Crippen molar-refractivity contribution in [1.82, 2.24) is 34.5 Å². The zero-order valence-corrected chi connectivity index (χ0v) is 55.6. The third-order valence-electron chi connectivity index (χ3n) is 19.3. The van der Waals surface area contributed by atoms with Gasteiger partial charge in [0.2, 0.25) is 5.91 Å². The van der Waals surface area contributed by atoms with Gasteiger partial charge in [-0.25, -0.2) is 30.7 Å². The molecular weight excluding hydrogens is 1290 g/mol. The van der Waals surface area contributed by atoms with Gasteiger partial charge in [-0.05, 0) is 159 Å². The highest BCUT2D eigenvalue weighted by Gasteiger charge is 2.49. The average molecular weight is 1370 g/mol. The molecule has 0 unspecified atom stereocenters. The first-order chi connectivity index (χ1) is 45.1. The van der Waals surface area contributed by atoms with E-state index < -0.39 is 58.8 Å². The number of nitrogens with one attached hydrogen (secondary N) is 3. The highest BCUT2D eigenvalue weighted by molar-refractivity contribution is 7.99. The zero-order chi connectivity index (χ0) is 65.9. The van der Waals surface area contributed by atoms with Crippen molar-refractivity contribution in [3.8, 4) is 0 Å². The molecule has 6 aromatic rings. The lowest BCUT2D eigenvalue weighted by Crippen LogP contribution is -2.49. The van der Waals surface area contributed by atoms with Crippen LogP contribution in [0.3, 0.4) is 0 Å². The number of rotatable bonds is 20. The van der Waals surface area contributed by atoms with E-state index in [2.05, 4.69) is 52.4 Å². The number of likely N-dealkylation sites (tertiary alicyclic amines) is 1. The summed E-state index contributed by atoms with van der Waals surface area (Å²) in [5.74, 6) is -0.620. The molecule has 5 saturated heterocycles. The first-order valence-corrected chi connectivity index (χ1v) is 36.5. The molecule has 6 heterocycles. The minimum atomic E-state index is -6.10. The summed E-state index contributed by atoms with van der Waals surface area (Å²) in [6.45, 7) is 11.5. The lowest BCUT2D eigenvalue weighted by atomic mass is 9.69. The van der Waals surface area contributed by atoms with Crippen molar-refractivity contribution in [2.45, 2.75) is 84.0 Å². The van der Waals surface area contributed by atoms with Crippen LogP contribution in [-0.2, 0) is 36.4 Å². The summed E-state index contributed by atoms with van der Waals surface area (Å²) in [5.41, 5.74) is -0.0314. The number of imide groups is 1. The Bertz CT molecular complexity index is 4010. The molecular formula is C67H78ClF4N11O8S3. The third kappa shape index (κ3) is 15.4. The number of anilines is 4. The molecule has 502 valence electrons. The van der Waals surface area contributed by atoms with Gasteiger partial charge in [0.25, 0.3) is 25.8 Å². The van der Waals surface area contributed by atoms with E-state index in [1.165, 1.54) is 51.6 Å². The Morgan fingerprint density at radius 3 is 2.31 bits per heavy atom. The summed E-state index contributed by atoms with van der Waals surface area (Å²) >= 11 is 7.84. The number of allylic oxidation sites excluding steroid dienone is 1. The number of piperazine rings is 1. The molecule has 5 aliphatic heterocycles. The van der Waals surface area contributed by atoms with Crippen LogP contribution < -0.4 is 30.1 Å². The summed E-state index contributed by atoms with van der Waals surface area (Å²) in [6.07, 6.45) is 7.37. The molecule has 1 aromatic heterocycles. The maximum atomic E-state index is 16.0. The molecule has 5 aromatic carbocycles. The number of aromatic nitrogens is 2. The fraction of sp³-hybridized carbons (Fsp3) is 0.463. The molecule has 0 bridgehead atoms. The predicted octanol–water partition coefficient (Wildman–Crippen LogP) is 10.3. The number of aryl methyl sites for hydroxylation is 1. The second-order valence-corrected chi connectivity index (χ2v) is 30.7. The molecule has 4 amide bonds. The van der Waals surface area contributed by atoms with Crippen molar-refractivity contribution in [1.29, 1.82) is 0 Å². The molecule has 3 N–H and O–H groups in total. The van der Waals surface area contributed by atoms with Gasteiger partial charge in [-0.2, -0.15) is 18.3 Å². The Morgan fingerprint density at radius 2 is 1.57 bits per heavy atom. The summed E-state index contributed by atoms with van der Waals surface area (Å²) in [4.78, 5) is 49.9. The zero-order valence-electron chi connectivity index (χ0n) is 52.4. The maximum Gasteiger partial charge on any atom is 0.501 e. The van der Waals surface area contributed by atoms with E-state index in [-0.39, 0.29) is 35.7 Å². The van der Waals surface area contributed by atoms with E-state index in [1.54, 1.807) is 23.9 Å². The number of benzene rings is 5. The molecule has 19 nitrogen and oxygen atoms in total. The second-order valence-electron chi connectivity index (χ2n) is 25.6. The number of urea groups is 1. The van der Waals surface area contributed by atoms with Crippen molar-refractivity contribution >= 4 is 100 Å². The minimum Gasteiger partial charge on any atom is -0.380 e. The van der Waals surface area contributed by atoms with Gasteiger partial charge in [-0.1, -0.05) is 47.5 Å². The van der Waals surface area contributed by atoms with Crippen LogP contribution in [0.1, 0.15) is 73.7 Å². The number of amides is 4. The smallest absolute Gasteiger partial charge is 0.380 e. The van der Waals surface area contributed by atoms with E-state index in [0.29, 0.717) is 91.0 Å². The number of carbonyl (C=O) groups excluding carboxylic acids is 3. The largest absolute Gasteiger partial charge is 0.501 e. The Balaban J connectivity index is 0.657.